The second-order valence-corrected chi connectivity index (χ2v) is 4.10. The summed E-state index contributed by atoms with van der Waals surface area (Å²) >= 11 is 0. The van der Waals surface area contributed by atoms with Crippen LogP contribution in [0.5, 0.6) is 0 Å². The highest BCUT2D eigenvalue weighted by molar-refractivity contribution is 5.73. The average molecular weight is 217 g/mol. The smallest absolute Gasteiger partial charge is 0.177 e. The van der Waals surface area contributed by atoms with Crippen molar-refractivity contribution in [3.63, 3.8) is 0 Å². The van der Waals surface area contributed by atoms with Gasteiger partial charge in [0.15, 0.2) is 5.65 Å². The SMILES string of the molecule is c1cc(CN2CCNCC2)c2[nH]cnc2n1. The van der Waals surface area contributed by atoms with Gasteiger partial charge in [-0.15, -0.1) is 0 Å². The molecule has 0 saturated carbocycles. The van der Waals surface area contributed by atoms with Crippen molar-refractivity contribution >= 4 is 11.2 Å². The van der Waals surface area contributed by atoms with Crippen LogP contribution >= 0.6 is 0 Å². The molecule has 0 unspecified atom stereocenters. The van der Waals surface area contributed by atoms with E-state index in [9.17, 15) is 0 Å². The number of nitrogens with one attached hydrogen (secondary N) is 2. The summed E-state index contributed by atoms with van der Waals surface area (Å²) in [5.41, 5.74) is 3.16. The molecule has 0 aliphatic carbocycles. The van der Waals surface area contributed by atoms with Crippen molar-refractivity contribution in [1.29, 1.82) is 0 Å². The van der Waals surface area contributed by atoms with Crippen LogP contribution in [0.15, 0.2) is 18.6 Å². The summed E-state index contributed by atoms with van der Waals surface area (Å²) in [6.45, 7) is 5.35. The molecule has 3 heterocycles. The monoisotopic (exact) mass is 217 g/mol. The fourth-order valence-corrected chi connectivity index (χ4v) is 2.14. The molecule has 2 N–H and O–H groups in total. The summed E-state index contributed by atoms with van der Waals surface area (Å²) < 4.78 is 0. The quantitative estimate of drug-likeness (QED) is 0.762. The van der Waals surface area contributed by atoms with Crippen LogP contribution in [0.25, 0.3) is 11.2 Å². The molecule has 0 bridgehead atoms. The zero-order chi connectivity index (χ0) is 10.8. The number of piperazine rings is 1. The van der Waals surface area contributed by atoms with Crippen molar-refractivity contribution in [3.05, 3.63) is 24.2 Å². The van der Waals surface area contributed by atoms with Crippen LogP contribution in [-0.2, 0) is 6.54 Å². The zero-order valence-electron chi connectivity index (χ0n) is 9.11. The molecule has 0 aromatic carbocycles. The van der Waals surface area contributed by atoms with Gasteiger partial charge in [-0.1, -0.05) is 0 Å². The Morgan fingerprint density at radius 1 is 1.25 bits per heavy atom. The number of H-pyrrole nitrogens is 1. The second-order valence-electron chi connectivity index (χ2n) is 4.10. The first kappa shape index (κ1) is 9.74. The van der Waals surface area contributed by atoms with Crippen LogP contribution in [0.1, 0.15) is 5.56 Å². The number of hydrogen-bond donors (Lipinski definition) is 2. The predicted octanol–water partition coefficient (Wildman–Crippen LogP) is 0.363. The van der Waals surface area contributed by atoms with E-state index in [2.05, 4.69) is 31.2 Å². The van der Waals surface area contributed by atoms with E-state index in [-0.39, 0.29) is 0 Å². The number of pyridine rings is 1. The molecule has 16 heavy (non-hydrogen) atoms. The Morgan fingerprint density at radius 2 is 2.12 bits per heavy atom. The van der Waals surface area contributed by atoms with Crippen LogP contribution in [0.4, 0.5) is 0 Å². The fourth-order valence-electron chi connectivity index (χ4n) is 2.14. The van der Waals surface area contributed by atoms with E-state index in [4.69, 9.17) is 0 Å². The van der Waals surface area contributed by atoms with E-state index in [1.807, 2.05) is 6.20 Å². The van der Waals surface area contributed by atoms with Crippen molar-refractivity contribution in [3.8, 4) is 0 Å². The minimum Gasteiger partial charge on any atom is -0.343 e. The lowest BCUT2D eigenvalue weighted by atomic mass is 10.2. The van der Waals surface area contributed by atoms with Gasteiger partial charge in [-0.2, -0.15) is 0 Å². The normalized spacial score (nSPS) is 18.0. The number of rotatable bonds is 2. The minimum absolute atomic E-state index is 0.813. The summed E-state index contributed by atoms with van der Waals surface area (Å²) in [6, 6.07) is 2.07. The van der Waals surface area contributed by atoms with Crippen LogP contribution < -0.4 is 5.32 Å². The third kappa shape index (κ3) is 1.79. The lowest BCUT2D eigenvalue weighted by molar-refractivity contribution is 0.234. The Bertz CT molecular complexity index is 472. The van der Waals surface area contributed by atoms with Crippen LogP contribution in [0.2, 0.25) is 0 Å². The number of nitrogens with zero attached hydrogens (tertiary/aromatic N) is 3. The molecule has 1 aliphatic rings. The fraction of sp³-hybridized carbons (Fsp3) is 0.455. The van der Waals surface area contributed by atoms with Crippen molar-refractivity contribution in [1.82, 2.24) is 25.2 Å². The molecule has 0 radical (unpaired) electrons. The highest BCUT2D eigenvalue weighted by Crippen LogP contribution is 2.14. The lowest BCUT2D eigenvalue weighted by Crippen LogP contribution is -2.42. The zero-order valence-corrected chi connectivity index (χ0v) is 9.11. The maximum atomic E-state index is 4.22. The molecule has 5 nitrogen and oxygen atoms in total. The molecular weight excluding hydrogens is 202 g/mol. The average Bonchev–Trinajstić information content (AvgIpc) is 2.80. The molecule has 3 rings (SSSR count). The van der Waals surface area contributed by atoms with Gasteiger partial charge in [0.1, 0.15) is 0 Å². The lowest BCUT2D eigenvalue weighted by Gasteiger charge is -2.27. The molecule has 5 heteroatoms. The first-order valence-electron chi connectivity index (χ1n) is 5.63. The van der Waals surface area contributed by atoms with E-state index >= 15 is 0 Å². The molecule has 2 aromatic heterocycles. The number of fused-ring (bicyclic) bond motifs is 1. The molecule has 2 aromatic rings. The third-order valence-electron chi connectivity index (χ3n) is 3.02. The van der Waals surface area contributed by atoms with Gasteiger partial charge in [0.25, 0.3) is 0 Å². The summed E-state index contributed by atoms with van der Waals surface area (Å²) in [6.07, 6.45) is 3.54. The van der Waals surface area contributed by atoms with E-state index < -0.39 is 0 Å². The summed E-state index contributed by atoms with van der Waals surface area (Å²) in [5, 5.41) is 3.36. The molecule has 84 valence electrons. The maximum absolute atomic E-state index is 4.22. The van der Waals surface area contributed by atoms with Crippen LogP contribution in [0.3, 0.4) is 0 Å². The van der Waals surface area contributed by atoms with Gasteiger partial charge in [0, 0.05) is 38.9 Å². The highest BCUT2D eigenvalue weighted by Gasteiger charge is 2.12. The van der Waals surface area contributed by atoms with E-state index in [1.165, 1.54) is 5.56 Å². The Hall–Kier alpha value is -1.46. The summed E-state index contributed by atoms with van der Waals surface area (Å²) in [5.74, 6) is 0. The Balaban J connectivity index is 1.85. The minimum atomic E-state index is 0.813. The Labute approximate surface area is 93.9 Å². The summed E-state index contributed by atoms with van der Waals surface area (Å²) in [7, 11) is 0. The van der Waals surface area contributed by atoms with E-state index in [0.717, 1.165) is 43.9 Å². The van der Waals surface area contributed by atoms with Gasteiger partial charge in [-0.25, -0.2) is 9.97 Å². The topological polar surface area (TPSA) is 56.8 Å². The molecule has 0 atom stereocenters. The third-order valence-corrected chi connectivity index (χ3v) is 3.02. The second kappa shape index (κ2) is 4.19. The largest absolute Gasteiger partial charge is 0.343 e. The Kier molecular flexibility index (Phi) is 2.55. The molecule has 0 spiro atoms. The van der Waals surface area contributed by atoms with Gasteiger partial charge in [0.05, 0.1) is 11.8 Å². The Morgan fingerprint density at radius 3 is 3.00 bits per heavy atom. The van der Waals surface area contributed by atoms with Crippen molar-refractivity contribution in [2.24, 2.45) is 0 Å². The van der Waals surface area contributed by atoms with Gasteiger partial charge in [-0.3, -0.25) is 4.90 Å². The van der Waals surface area contributed by atoms with Crippen LogP contribution in [-0.4, -0.2) is 46.0 Å². The molecule has 1 aliphatic heterocycles. The van der Waals surface area contributed by atoms with Crippen molar-refractivity contribution in [2.45, 2.75) is 6.54 Å². The molecular formula is C11H15N5. The number of imidazole rings is 1. The van der Waals surface area contributed by atoms with Gasteiger partial charge in [0.2, 0.25) is 0 Å². The molecule has 1 fully saturated rings. The van der Waals surface area contributed by atoms with E-state index in [0.29, 0.717) is 0 Å². The first-order valence-corrected chi connectivity index (χ1v) is 5.63. The molecule has 0 amide bonds. The standard InChI is InChI=1S/C11H15N5/c1-2-13-11-10(14-8-15-11)9(1)7-16-5-3-12-4-6-16/h1-2,8,12H,3-7H2,(H,13,14,15). The van der Waals surface area contributed by atoms with E-state index in [1.54, 1.807) is 6.33 Å². The van der Waals surface area contributed by atoms with Gasteiger partial charge < -0.3 is 10.3 Å². The number of hydrogen-bond acceptors (Lipinski definition) is 4. The van der Waals surface area contributed by atoms with Crippen LogP contribution in [0, 0.1) is 0 Å². The highest BCUT2D eigenvalue weighted by atomic mass is 15.2. The van der Waals surface area contributed by atoms with Gasteiger partial charge >= 0.3 is 0 Å². The number of aromatic amines is 1. The van der Waals surface area contributed by atoms with Gasteiger partial charge in [-0.05, 0) is 11.6 Å². The summed E-state index contributed by atoms with van der Waals surface area (Å²) in [4.78, 5) is 14.0. The first-order chi connectivity index (χ1) is 7.93. The number of aromatic nitrogens is 3. The van der Waals surface area contributed by atoms with Crippen molar-refractivity contribution < 1.29 is 0 Å². The predicted molar refractivity (Wildman–Crippen MR) is 62.0 cm³/mol. The molecule has 1 saturated heterocycles. The maximum Gasteiger partial charge on any atom is 0.177 e. The van der Waals surface area contributed by atoms with Crippen molar-refractivity contribution in [2.75, 3.05) is 26.2 Å².